The van der Waals surface area contributed by atoms with Gasteiger partial charge in [-0.1, -0.05) is 18.5 Å². The third-order valence-corrected chi connectivity index (χ3v) is 2.42. The molecule has 1 amide bonds. The zero-order valence-corrected chi connectivity index (χ0v) is 9.79. The fraction of sp³-hybridized carbons (Fsp3) is 0.444. The minimum Gasteiger partial charge on any atom is -0.395 e. The van der Waals surface area contributed by atoms with E-state index in [2.05, 4.69) is 10.1 Å². The summed E-state index contributed by atoms with van der Waals surface area (Å²) < 4.78 is 0. The Morgan fingerprint density at radius 1 is 1.69 bits per heavy atom. The van der Waals surface area contributed by atoms with Crippen LogP contribution >= 0.6 is 11.3 Å². The van der Waals surface area contributed by atoms with Gasteiger partial charge in [0.15, 0.2) is 10.8 Å². The minimum atomic E-state index is -0.679. The van der Waals surface area contributed by atoms with Crippen LogP contribution in [0.1, 0.15) is 25.5 Å². The number of nitrogens with zero attached hydrogens (tertiary/aromatic N) is 2. The van der Waals surface area contributed by atoms with Gasteiger partial charge < -0.3 is 16.3 Å². The number of carbonyl (C=O) groups excluding carboxylic acids is 1. The Kier molecular flexibility index (Phi) is 4.71. The van der Waals surface area contributed by atoms with Gasteiger partial charge in [-0.2, -0.15) is 0 Å². The van der Waals surface area contributed by atoms with E-state index in [9.17, 15) is 4.79 Å². The van der Waals surface area contributed by atoms with E-state index in [0.717, 1.165) is 12.8 Å². The average molecular weight is 242 g/mol. The summed E-state index contributed by atoms with van der Waals surface area (Å²) in [5, 5.41) is 5.65. The Bertz CT molecular complexity index is 389. The van der Waals surface area contributed by atoms with Crippen LogP contribution in [0.4, 0.5) is 5.13 Å². The van der Waals surface area contributed by atoms with Crippen molar-refractivity contribution >= 4 is 28.1 Å². The van der Waals surface area contributed by atoms with Crippen LogP contribution in [0.5, 0.6) is 0 Å². The summed E-state index contributed by atoms with van der Waals surface area (Å²) in [6.45, 7) is 2.48. The van der Waals surface area contributed by atoms with Gasteiger partial charge in [-0.15, -0.1) is 11.3 Å². The molecule has 0 aliphatic rings. The third kappa shape index (κ3) is 3.50. The number of nitrogen functional groups attached to an aromatic ring is 1. The van der Waals surface area contributed by atoms with E-state index in [1.54, 1.807) is 5.38 Å². The van der Waals surface area contributed by atoms with Crippen molar-refractivity contribution in [3.05, 3.63) is 11.1 Å². The fourth-order valence-corrected chi connectivity index (χ4v) is 1.48. The van der Waals surface area contributed by atoms with E-state index in [1.807, 2.05) is 6.92 Å². The summed E-state index contributed by atoms with van der Waals surface area (Å²) in [7, 11) is 0. The second-order valence-corrected chi connectivity index (χ2v) is 3.95. The number of hydrogen-bond acceptors (Lipinski definition) is 6. The van der Waals surface area contributed by atoms with Crippen molar-refractivity contribution in [3.8, 4) is 0 Å². The van der Waals surface area contributed by atoms with E-state index in [4.69, 9.17) is 16.3 Å². The first-order valence-corrected chi connectivity index (χ1v) is 5.74. The summed E-state index contributed by atoms with van der Waals surface area (Å²) in [5.41, 5.74) is 11.0. The minimum absolute atomic E-state index is 0.00375. The maximum atomic E-state index is 11.1. The molecule has 0 unspecified atom stereocenters. The van der Waals surface area contributed by atoms with Gasteiger partial charge in [0.25, 0.3) is 5.91 Å². The SMILES string of the molecule is CCCCON=C(C(N)=O)c1csc(N)n1. The number of rotatable bonds is 6. The van der Waals surface area contributed by atoms with Crippen LogP contribution in [0.25, 0.3) is 0 Å². The third-order valence-electron chi connectivity index (χ3n) is 1.74. The lowest BCUT2D eigenvalue weighted by molar-refractivity contribution is -0.112. The number of hydrogen-bond donors (Lipinski definition) is 2. The Balaban J connectivity index is 2.71. The molecule has 0 saturated heterocycles. The molecule has 0 spiro atoms. The molecule has 0 aliphatic carbocycles. The molecule has 1 aromatic rings. The number of amides is 1. The first-order valence-electron chi connectivity index (χ1n) is 4.86. The first kappa shape index (κ1) is 12.4. The molecule has 88 valence electrons. The maximum absolute atomic E-state index is 11.1. The zero-order chi connectivity index (χ0) is 12.0. The molecule has 1 heterocycles. The average Bonchev–Trinajstić information content (AvgIpc) is 2.64. The largest absolute Gasteiger partial charge is 0.395 e. The van der Waals surface area contributed by atoms with E-state index in [0.29, 0.717) is 17.4 Å². The normalized spacial score (nSPS) is 11.4. The van der Waals surface area contributed by atoms with Gasteiger partial charge in [0, 0.05) is 5.38 Å². The molecule has 16 heavy (non-hydrogen) atoms. The summed E-state index contributed by atoms with van der Waals surface area (Å²) in [5.74, 6) is -0.679. The van der Waals surface area contributed by atoms with E-state index in [-0.39, 0.29) is 5.71 Å². The van der Waals surface area contributed by atoms with Gasteiger partial charge in [-0.05, 0) is 6.42 Å². The zero-order valence-electron chi connectivity index (χ0n) is 8.97. The molecule has 6 nitrogen and oxygen atoms in total. The lowest BCUT2D eigenvalue weighted by Gasteiger charge is -2.00. The smallest absolute Gasteiger partial charge is 0.273 e. The number of aromatic nitrogens is 1. The Morgan fingerprint density at radius 2 is 2.44 bits per heavy atom. The molecule has 0 bridgehead atoms. The van der Waals surface area contributed by atoms with Crippen LogP contribution in [0.3, 0.4) is 0 Å². The maximum Gasteiger partial charge on any atom is 0.273 e. The Labute approximate surface area is 97.3 Å². The Hall–Kier alpha value is -1.63. The first-order chi connectivity index (χ1) is 7.65. The van der Waals surface area contributed by atoms with Crippen molar-refractivity contribution in [1.29, 1.82) is 0 Å². The second-order valence-electron chi connectivity index (χ2n) is 3.06. The number of nitrogens with two attached hydrogens (primary N) is 2. The topological polar surface area (TPSA) is 104 Å². The van der Waals surface area contributed by atoms with Crippen LogP contribution in [-0.4, -0.2) is 23.2 Å². The van der Waals surface area contributed by atoms with Crippen molar-refractivity contribution in [2.24, 2.45) is 10.9 Å². The van der Waals surface area contributed by atoms with Crippen molar-refractivity contribution < 1.29 is 9.63 Å². The number of unbranched alkanes of at least 4 members (excludes halogenated alkanes) is 1. The van der Waals surface area contributed by atoms with E-state index < -0.39 is 5.91 Å². The molecule has 0 radical (unpaired) electrons. The second kappa shape index (κ2) is 6.06. The van der Waals surface area contributed by atoms with Crippen molar-refractivity contribution in [1.82, 2.24) is 4.98 Å². The summed E-state index contributed by atoms with van der Waals surface area (Å²) in [6, 6.07) is 0. The van der Waals surface area contributed by atoms with Gasteiger partial charge in [0.2, 0.25) is 0 Å². The molecule has 0 aromatic carbocycles. The summed E-state index contributed by atoms with van der Waals surface area (Å²) in [4.78, 5) is 20.0. The molecule has 7 heteroatoms. The highest BCUT2D eigenvalue weighted by atomic mass is 32.1. The van der Waals surface area contributed by atoms with Crippen molar-refractivity contribution in [3.63, 3.8) is 0 Å². The van der Waals surface area contributed by atoms with Gasteiger partial charge in [-0.3, -0.25) is 4.79 Å². The van der Waals surface area contributed by atoms with Gasteiger partial charge >= 0.3 is 0 Å². The highest BCUT2D eigenvalue weighted by molar-refractivity contribution is 7.13. The lowest BCUT2D eigenvalue weighted by atomic mass is 10.3. The number of anilines is 1. The van der Waals surface area contributed by atoms with Crippen LogP contribution < -0.4 is 11.5 Å². The van der Waals surface area contributed by atoms with Crippen LogP contribution in [0.15, 0.2) is 10.5 Å². The monoisotopic (exact) mass is 242 g/mol. The standard InChI is InChI=1S/C9H14N4O2S/c1-2-3-4-15-13-7(8(10)14)6-5-16-9(11)12-6/h5H,2-4H2,1H3,(H2,10,14)(H2,11,12). The van der Waals surface area contributed by atoms with E-state index in [1.165, 1.54) is 11.3 Å². The van der Waals surface area contributed by atoms with E-state index >= 15 is 0 Å². The van der Waals surface area contributed by atoms with Gasteiger partial charge in [0.1, 0.15) is 12.3 Å². The summed E-state index contributed by atoms with van der Waals surface area (Å²) in [6.07, 6.45) is 1.86. The van der Waals surface area contributed by atoms with Crippen LogP contribution in [0, 0.1) is 0 Å². The van der Waals surface area contributed by atoms with Crippen molar-refractivity contribution in [2.75, 3.05) is 12.3 Å². The molecular formula is C9H14N4O2S. The van der Waals surface area contributed by atoms with Gasteiger partial charge in [-0.25, -0.2) is 4.98 Å². The molecule has 1 aromatic heterocycles. The molecular weight excluding hydrogens is 228 g/mol. The molecule has 1 rings (SSSR count). The van der Waals surface area contributed by atoms with Crippen LogP contribution in [0.2, 0.25) is 0 Å². The number of carbonyl (C=O) groups is 1. The number of oxime groups is 1. The predicted octanol–water partition coefficient (Wildman–Crippen LogP) is 0.731. The fourth-order valence-electron chi connectivity index (χ4n) is 0.933. The molecule has 0 atom stereocenters. The quantitative estimate of drug-likeness (QED) is 0.436. The lowest BCUT2D eigenvalue weighted by Crippen LogP contribution is -2.25. The molecule has 4 N–H and O–H groups in total. The molecule has 0 aliphatic heterocycles. The predicted molar refractivity (Wildman–Crippen MR) is 63.1 cm³/mol. The number of primary amides is 1. The summed E-state index contributed by atoms with van der Waals surface area (Å²) >= 11 is 1.22. The Morgan fingerprint density at radius 3 is 2.94 bits per heavy atom. The van der Waals surface area contributed by atoms with Gasteiger partial charge in [0.05, 0.1) is 0 Å². The highest BCUT2D eigenvalue weighted by Crippen LogP contribution is 2.12. The highest BCUT2D eigenvalue weighted by Gasteiger charge is 2.14. The number of thiazole rings is 1. The molecule has 0 fully saturated rings. The van der Waals surface area contributed by atoms with Crippen molar-refractivity contribution in [2.45, 2.75) is 19.8 Å². The molecule has 0 saturated carbocycles. The van der Waals surface area contributed by atoms with Crippen LogP contribution in [-0.2, 0) is 9.63 Å².